The predicted molar refractivity (Wildman–Crippen MR) is 97.6 cm³/mol. The van der Waals surface area contributed by atoms with Crippen LogP contribution in [0.2, 0.25) is 0 Å². The molecule has 148 valence electrons. The summed E-state index contributed by atoms with van der Waals surface area (Å²) in [5, 5.41) is 51.6. The largest absolute Gasteiger partial charge is 0.394 e. The molecule has 0 saturated heterocycles. The number of aromatic nitrogens is 2. The first-order valence-corrected chi connectivity index (χ1v) is 8.50. The van der Waals surface area contributed by atoms with Gasteiger partial charge in [-0.25, -0.2) is 4.98 Å². The van der Waals surface area contributed by atoms with Crippen LogP contribution in [0.5, 0.6) is 0 Å². The second-order valence-electron chi connectivity index (χ2n) is 6.32. The summed E-state index contributed by atoms with van der Waals surface area (Å²) in [6.45, 7) is 4.85. The summed E-state index contributed by atoms with van der Waals surface area (Å²) in [4.78, 5) is 16.0. The van der Waals surface area contributed by atoms with Crippen molar-refractivity contribution in [2.75, 3.05) is 13.2 Å². The number of carbonyl (C=O) groups is 1. The molecule has 0 aliphatic carbocycles. The minimum atomic E-state index is -1.77. The van der Waals surface area contributed by atoms with Gasteiger partial charge in [-0.05, 0) is 19.1 Å². The minimum Gasteiger partial charge on any atom is -0.394 e. The van der Waals surface area contributed by atoms with Gasteiger partial charge in [-0.15, -0.1) is 0 Å². The van der Waals surface area contributed by atoms with Crippen LogP contribution in [0.4, 0.5) is 0 Å². The maximum Gasteiger partial charge on any atom is 0.246 e. The smallest absolute Gasteiger partial charge is 0.246 e. The Morgan fingerprint density at radius 3 is 2.52 bits per heavy atom. The first-order valence-electron chi connectivity index (χ1n) is 8.50. The lowest BCUT2D eigenvalue weighted by atomic mass is 10.0. The molecule has 0 aliphatic rings. The van der Waals surface area contributed by atoms with Crippen LogP contribution >= 0.6 is 0 Å². The van der Waals surface area contributed by atoms with Crippen molar-refractivity contribution >= 4 is 16.9 Å². The Hall–Kier alpha value is -2.30. The molecule has 2 aromatic rings. The molecule has 2 rings (SSSR count). The van der Waals surface area contributed by atoms with E-state index in [0.717, 1.165) is 0 Å². The van der Waals surface area contributed by atoms with E-state index in [4.69, 9.17) is 5.11 Å². The van der Waals surface area contributed by atoms with Crippen molar-refractivity contribution in [1.29, 1.82) is 0 Å². The normalized spacial score (nSPS) is 15.9. The zero-order valence-electron chi connectivity index (χ0n) is 15.0. The summed E-state index contributed by atoms with van der Waals surface area (Å²) >= 11 is 0. The van der Waals surface area contributed by atoms with E-state index in [2.05, 4.69) is 16.9 Å². The van der Waals surface area contributed by atoms with Crippen LogP contribution in [0.3, 0.4) is 0 Å². The lowest BCUT2D eigenvalue weighted by Gasteiger charge is -2.25. The fourth-order valence-corrected chi connectivity index (χ4v) is 2.66. The number of aliphatic hydroxyl groups excluding tert-OH is 5. The minimum absolute atomic E-state index is 0.0671. The summed E-state index contributed by atoms with van der Waals surface area (Å²) in [6, 6.07) is 7.04. The molecular weight excluding hydrogens is 354 g/mol. The van der Waals surface area contributed by atoms with Crippen LogP contribution in [-0.2, 0) is 11.3 Å². The molecular formula is C18H25N3O6. The lowest BCUT2D eigenvalue weighted by Crippen LogP contribution is -2.43. The zero-order chi connectivity index (χ0) is 20.1. The van der Waals surface area contributed by atoms with Crippen LogP contribution in [-0.4, -0.2) is 72.5 Å². The fraction of sp³-hybridized carbons (Fsp3) is 0.444. The standard InChI is InChI=1S/C18H25N3O6/c1-10(2)18(27)19-7-8-21-12-6-4-3-5-11(12)20-17(21)16(26)15(25)14(24)13(23)9-22/h3-6,13-16,22-26H,1,7-9H2,2H3,(H,19,27). The van der Waals surface area contributed by atoms with Gasteiger partial charge in [0.2, 0.25) is 5.91 Å². The average Bonchev–Trinajstić information content (AvgIpc) is 3.04. The van der Waals surface area contributed by atoms with Gasteiger partial charge in [-0.1, -0.05) is 18.7 Å². The van der Waals surface area contributed by atoms with Gasteiger partial charge in [0, 0.05) is 18.7 Å². The van der Waals surface area contributed by atoms with Gasteiger partial charge in [0.1, 0.15) is 30.2 Å². The number of amides is 1. The van der Waals surface area contributed by atoms with Crippen molar-refractivity contribution in [3.05, 3.63) is 42.2 Å². The van der Waals surface area contributed by atoms with Gasteiger partial charge < -0.3 is 35.4 Å². The van der Waals surface area contributed by atoms with Crippen LogP contribution in [0.25, 0.3) is 11.0 Å². The van der Waals surface area contributed by atoms with Gasteiger partial charge >= 0.3 is 0 Å². The molecule has 1 aromatic heterocycles. The fourth-order valence-electron chi connectivity index (χ4n) is 2.66. The van der Waals surface area contributed by atoms with Gasteiger partial charge in [0.05, 0.1) is 17.6 Å². The maximum absolute atomic E-state index is 11.6. The van der Waals surface area contributed by atoms with E-state index in [9.17, 15) is 25.2 Å². The van der Waals surface area contributed by atoms with E-state index in [-0.39, 0.29) is 24.8 Å². The Balaban J connectivity index is 2.29. The Morgan fingerprint density at radius 2 is 1.89 bits per heavy atom. The van der Waals surface area contributed by atoms with E-state index < -0.39 is 31.0 Å². The molecule has 9 heteroatoms. The average molecular weight is 379 g/mol. The molecule has 1 aromatic carbocycles. The Morgan fingerprint density at radius 1 is 1.22 bits per heavy atom. The van der Waals surface area contributed by atoms with E-state index in [1.807, 2.05) is 0 Å². The SMILES string of the molecule is C=C(C)C(=O)NCCn1c(C(O)C(O)C(O)C(O)CO)nc2ccccc21. The van der Waals surface area contributed by atoms with Crippen LogP contribution in [0.15, 0.2) is 36.4 Å². The van der Waals surface area contributed by atoms with Crippen molar-refractivity contribution in [1.82, 2.24) is 14.9 Å². The summed E-state index contributed by atoms with van der Waals surface area (Å²) in [5.74, 6) is -0.236. The van der Waals surface area contributed by atoms with Gasteiger partial charge in [-0.3, -0.25) is 4.79 Å². The van der Waals surface area contributed by atoms with E-state index in [1.54, 1.807) is 35.8 Å². The highest BCUT2D eigenvalue weighted by atomic mass is 16.4. The third kappa shape index (κ3) is 4.71. The number of fused-ring (bicyclic) bond motifs is 1. The maximum atomic E-state index is 11.6. The monoisotopic (exact) mass is 379 g/mol. The molecule has 1 amide bonds. The number of aliphatic hydroxyl groups is 5. The van der Waals surface area contributed by atoms with Crippen LogP contribution < -0.4 is 5.32 Å². The molecule has 0 radical (unpaired) electrons. The van der Waals surface area contributed by atoms with E-state index in [0.29, 0.717) is 16.6 Å². The summed E-state index contributed by atoms with van der Waals surface area (Å²) in [6.07, 6.45) is -6.76. The number of imidazole rings is 1. The Kier molecular flexibility index (Phi) is 7.05. The lowest BCUT2D eigenvalue weighted by molar-refractivity contribution is -0.118. The second kappa shape index (κ2) is 9.07. The number of hydrogen-bond acceptors (Lipinski definition) is 7. The molecule has 4 unspecified atom stereocenters. The summed E-state index contributed by atoms with van der Waals surface area (Å²) < 4.78 is 1.61. The number of para-hydroxylation sites is 2. The van der Waals surface area contributed by atoms with E-state index >= 15 is 0 Å². The highest BCUT2D eigenvalue weighted by Gasteiger charge is 2.33. The van der Waals surface area contributed by atoms with Crippen molar-refractivity contribution in [2.24, 2.45) is 0 Å². The van der Waals surface area contributed by atoms with Crippen molar-refractivity contribution in [3.63, 3.8) is 0 Å². The number of hydrogen-bond donors (Lipinski definition) is 6. The Bertz CT molecular complexity index is 805. The third-order valence-corrected chi connectivity index (χ3v) is 4.21. The van der Waals surface area contributed by atoms with Gasteiger partial charge in [0.25, 0.3) is 0 Å². The first-order chi connectivity index (χ1) is 12.8. The number of nitrogens with one attached hydrogen (secondary N) is 1. The van der Waals surface area contributed by atoms with Crippen molar-refractivity contribution in [3.8, 4) is 0 Å². The predicted octanol–water partition coefficient (Wildman–Crippen LogP) is -1.16. The zero-order valence-corrected chi connectivity index (χ0v) is 15.0. The molecule has 27 heavy (non-hydrogen) atoms. The van der Waals surface area contributed by atoms with E-state index in [1.165, 1.54) is 0 Å². The highest BCUT2D eigenvalue weighted by molar-refractivity contribution is 5.92. The molecule has 4 atom stereocenters. The molecule has 0 bridgehead atoms. The molecule has 0 aliphatic heterocycles. The Labute approximate surface area is 156 Å². The highest BCUT2D eigenvalue weighted by Crippen LogP contribution is 2.24. The number of nitrogens with zero attached hydrogens (tertiary/aromatic N) is 2. The third-order valence-electron chi connectivity index (χ3n) is 4.21. The number of carbonyl (C=O) groups excluding carboxylic acids is 1. The van der Waals surface area contributed by atoms with Gasteiger partial charge in [0.15, 0.2) is 0 Å². The van der Waals surface area contributed by atoms with Gasteiger partial charge in [-0.2, -0.15) is 0 Å². The molecule has 0 fully saturated rings. The van der Waals surface area contributed by atoms with Crippen molar-refractivity contribution in [2.45, 2.75) is 37.9 Å². The number of benzene rings is 1. The first kappa shape index (κ1) is 21.0. The molecule has 1 heterocycles. The van der Waals surface area contributed by atoms with Crippen LogP contribution in [0, 0.1) is 0 Å². The second-order valence-corrected chi connectivity index (χ2v) is 6.32. The molecule has 0 saturated carbocycles. The topological polar surface area (TPSA) is 148 Å². The van der Waals surface area contributed by atoms with Crippen LogP contribution in [0.1, 0.15) is 18.9 Å². The summed E-state index contributed by atoms with van der Waals surface area (Å²) in [5.41, 5.74) is 1.59. The molecule has 6 N–H and O–H groups in total. The quantitative estimate of drug-likeness (QED) is 0.301. The number of rotatable bonds is 9. The molecule has 0 spiro atoms. The summed E-state index contributed by atoms with van der Waals surface area (Å²) in [7, 11) is 0. The van der Waals surface area contributed by atoms with Crippen molar-refractivity contribution < 1.29 is 30.3 Å². The molecule has 9 nitrogen and oxygen atoms in total.